The molecule has 0 amide bonds. The van der Waals surface area contributed by atoms with Crippen molar-refractivity contribution in [1.29, 1.82) is 0 Å². The number of benzene rings is 2. The number of rotatable bonds is 2. The molecule has 0 saturated heterocycles. The summed E-state index contributed by atoms with van der Waals surface area (Å²) in [6.45, 7) is 1.68. The van der Waals surface area contributed by atoms with E-state index in [1.807, 2.05) is 0 Å². The lowest BCUT2D eigenvalue weighted by Gasteiger charge is -2.29. The highest BCUT2D eigenvalue weighted by Crippen LogP contribution is 2.47. The normalized spacial score (nSPS) is 18.4. The third-order valence-corrected chi connectivity index (χ3v) is 5.23. The van der Waals surface area contributed by atoms with Crippen LogP contribution in [0, 0.1) is 0 Å². The minimum absolute atomic E-state index is 0.201. The van der Waals surface area contributed by atoms with Crippen LogP contribution in [-0.4, -0.2) is 18.9 Å². The summed E-state index contributed by atoms with van der Waals surface area (Å²) in [4.78, 5) is 25.7. The number of esters is 1. The Balaban J connectivity index is 1.90. The van der Waals surface area contributed by atoms with Gasteiger partial charge in [0.25, 0.3) is 0 Å². The molecular formula is C22H16F3NO3. The molecule has 29 heavy (non-hydrogen) atoms. The number of Topliss-reactive ketones (excluding diaryl/α,β-unsaturated/α-hetero) is 1. The summed E-state index contributed by atoms with van der Waals surface area (Å²) < 4.78 is 43.8. The second kappa shape index (κ2) is 6.62. The maximum atomic E-state index is 13.2. The number of methoxy groups -OCH3 is 1. The predicted molar refractivity (Wildman–Crippen MR) is 99.7 cm³/mol. The number of alkyl halides is 3. The van der Waals surface area contributed by atoms with Crippen LogP contribution in [0.4, 0.5) is 13.2 Å². The van der Waals surface area contributed by atoms with E-state index in [9.17, 15) is 22.8 Å². The molecule has 1 atom stereocenters. The van der Waals surface area contributed by atoms with Gasteiger partial charge in [0.05, 0.1) is 23.9 Å². The zero-order valence-electron chi connectivity index (χ0n) is 15.6. The van der Waals surface area contributed by atoms with Crippen molar-refractivity contribution < 1.29 is 27.5 Å². The van der Waals surface area contributed by atoms with Crippen molar-refractivity contribution >= 4 is 17.4 Å². The van der Waals surface area contributed by atoms with Gasteiger partial charge in [-0.25, -0.2) is 4.79 Å². The Labute approximate surface area is 164 Å². The number of hydrogen-bond donors (Lipinski definition) is 1. The Morgan fingerprint density at radius 1 is 1.03 bits per heavy atom. The third-order valence-electron chi connectivity index (χ3n) is 5.23. The fourth-order valence-electron chi connectivity index (χ4n) is 3.91. The number of nitrogens with one attached hydrogen (secondary N) is 1. The summed E-state index contributed by atoms with van der Waals surface area (Å²) in [7, 11) is 1.22. The van der Waals surface area contributed by atoms with Crippen LogP contribution in [-0.2, 0) is 15.7 Å². The van der Waals surface area contributed by atoms with E-state index < -0.39 is 23.6 Å². The summed E-state index contributed by atoms with van der Waals surface area (Å²) in [5.74, 6) is -1.74. The van der Waals surface area contributed by atoms with Crippen LogP contribution < -0.4 is 5.32 Å². The van der Waals surface area contributed by atoms with E-state index in [0.29, 0.717) is 33.7 Å². The number of carbonyl (C=O) groups is 2. The molecule has 0 spiro atoms. The average Bonchev–Trinajstić information content (AvgIpc) is 2.98. The smallest absolute Gasteiger partial charge is 0.416 e. The zero-order valence-corrected chi connectivity index (χ0v) is 15.6. The van der Waals surface area contributed by atoms with E-state index in [0.717, 1.165) is 12.1 Å². The standard InChI is InChI=1S/C22H16F3NO3/c1-11-16(21(28)29-2)17(12-7-9-13(10-8-12)22(23,24)25)18-19(26-11)14-5-3-4-6-15(14)20(18)27/h3-10,17,26H,1-2H3/t17-/m1/s1. The van der Waals surface area contributed by atoms with Crippen molar-refractivity contribution in [2.24, 2.45) is 0 Å². The first-order valence-electron chi connectivity index (χ1n) is 8.85. The van der Waals surface area contributed by atoms with Crippen LogP contribution in [0.25, 0.3) is 5.70 Å². The Hall–Kier alpha value is -3.35. The molecule has 0 fully saturated rings. The second-order valence-electron chi connectivity index (χ2n) is 6.87. The van der Waals surface area contributed by atoms with Crippen molar-refractivity contribution in [3.8, 4) is 0 Å². The number of halogens is 3. The van der Waals surface area contributed by atoms with Crippen LogP contribution >= 0.6 is 0 Å². The zero-order chi connectivity index (χ0) is 20.9. The molecule has 7 heteroatoms. The van der Waals surface area contributed by atoms with E-state index in [-0.39, 0.29) is 11.4 Å². The monoisotopic (exact) mass is 399 g/mol. The van der Waals surface area contributed by atoms with Gasteiger partial charge < -0.3 is 10.1 Å². The van der Waals surface area contributed by atoms with E-state index in [1.54, 1.807) is 31.2 Å². The van der Waals surface area contributed by atoms with Crippen LogP contribution in [0.15, 0.2) is 65.4 Å². The molecule has 2 aromatic carbocycles. The first-order chi connectivity index (χ1) is 13.7. The molecule has 0 saturated carbocycles. The lowest BCUT2D eigenvalue weighted by atomic mass is 9.79. The Morgan fingerprint density at radius 3 is 2.24 bits per heavy atom. The lowest BCUT2D eigenvalue weighted by molar-refractivity contribution is -0.138. The fourth-order valence-corrected chi connectivity index (χ4v) is 3.91. The molecule has 0 unspecified atom stereocenters. The van der Waals surface area contributed by atoms with Gasteiger partial charge in [0, 0.05) is 28.3 Å². The van der Waals surface area contributed by atoms with Crippen molar-refractivity contribution in [2.45, 2.75) is 19.0 Å². The number of hydrogen-bond acceptors (Lipinski definition) is 4. The largest absolute Gasteiger partial charge is 0.466 e. The summed E-state index contributed by atoms with van der Waals surface area (Å²) in [5, 5.41) is 3.12. The average molecular weight is 399 g/mol. The molecule has 148 valence electrons. The van der Waals surface area contributed by atoms with E-state index >= 15 is 0 Å². The summed E-state index contributed by atoms with van der Waals surface area (Å²) in [5.41, 5.74) is 2.39. The molecule has 0 aromatic heterocycles. The van der Waals surface area contributed by atoms with Crippen molar-refractivity contribution in [3.05, 3.63) is 87.6 Å². The highest BCUT2D eigenvalue weighted by molar-refractivity contribution is 6.23. The lowest BCUT2D eigenvalue weighted by Crippen LogP contribution is -2.29. The molecule has 1 aliphatic heterocycles. The molecule has 2 aromatic rings. The SMILES string of the molecule is COC(=O)C1=C(C)NC2=C(C(=O)c3ccccc32)[C@@H]1c1ccc(C(F)(F)F)cc1. The molecule has 4 nitrogen and oxygen atoms in total. The van der Waals surface area contributed by atoms with Crippen LogP contribution in [0.3, 0.4) is 0 Å². The van der Waals surface area contributed by atoms with Crippen LogP contribution in [0.5, 0.6) is 0 Å². The highest BCUT2D eigenvalue weighted by atomic mass is 19.4. The molecule has 4 rings (SSSR count). The molecule has 0 bridgehead atoms. The quantitative estimate of drug-likeness (QED) is 0.759. The maximum absolute atomic E-state index is 13.2. The van der Waals surface area contributed by atoms with Crippen molar-refractivity contribution in [3.63, 3.8) is 0 Å². The molecule has 1 heterocycles. The number of allylic oxidation sites excluding steroid dienone is 2. The summed E-state index contributed by atoms with van der Waals surface area (Å²) >= 11 is 0. The van der Waals surface area contributed by atoms with Gasteiger partial charge in [-0.2, -0.15) is 13.2 Å². The maximum Gasteiger partial charge on any atom is 0.416 e. The summed E-state index contributed by atoms with van der Waals surface area (Å²) in [6, 6.07) is 11.5. The van der Waals surface area contributed by atoms with E-state index in [4.69, 9.17) is 4.74 Å². The highest BCUT2D eigenvalue weighted by Gasteiger charge is 2.43. The number of ether oxygens (including phenoxy) is 1. The predicted octanol–water partition coefficient (Wildman–Crippen LogP) is 4.45. The first-order valence-corrected chi connectivity index (χ1v) is 8.85. The second-order valence-corrected chi connectivity index (χ2v) is 6.87. The van der Waals surface area contributed by atoms with Crippen molar-refractivity contribution in [2.75, 3.05) is 7.11 Å². The van der Waals surface area contributed by atoms with E-state index in [1.165, 1.54) is 19.2 Å². The first kappa shape index (κ1) is 19.0. The van der Waals surface area contributed by atoms with Gasteiger partial charge in [-0.3, -0.25) is 4.79 Å². The van der Waals surface area contributed by atoms with Gasteiger partial charge in [-0.05, 0) is 24.6 Å². The Morgan fingerprint density at radius 2 is 1.66 bits per heavy atom. The number of carbonyl (C=O) groups excluding carboxylic acids is 2. The molecular weight excluding hydrogens is 383 g/mol. The Kier molecular flexibility index (Phi) is 4.33. The molecule has 2 aliphatic rings. The van der Waals surface area contributed by atoms with Gasteiger partial charge in [-0.15, -0.1) is 0 Å². The summed E-state index contributed by atoms with van der Waals surface area (Å²) in [6.07, 6.45) is -4.48. The molecule has 1 aliphatic carbocycles. The minimum Gasteiger partial charge on any atom is -0.466 e. The third kappa shape index (κ3) is 2.93. The number of fused-ring (bicyclic) bond motifs is 2. The number of dihydropyridines is 1. The molecule has 1 N–H and O–H groups in total. The van der Waals surface area contributed by atoms with Crippen LogP contribution in [0.1, 0.15) is 39.9 Å². The topological polar surface area (TPSA) is 55.4 Å². The van der Waals surface area contributed by atoms with Crippen molar-refractivity contribution in [1.82, 2.24) is 5.32 Å². The van der Waals surface area contributed by atoms with Gasteiger partial charge >= 0.3 is 12.1 Å². The molecule has 0 radical (unpaired) electrons. The fraction of sp³-hybridized carbons (Fsp3) is 0.182. The number of ketones is 1. The van der Waals surface area contributed by atoms with Crippen LogP contribution in [0.2, 0.25) is 0 Å². The van der Waals surface area contributed by atoms with Gasteiger partial charge in [0.1, 0.15) is 0 Å². The van der Waals surface area contributed by atoms with E-state index in [2.05, 4.69) is 5.32 Å². The van der Waals surface area contributed by atoms with Gasteiger partial charge in [-0.1, -0.05) is 36.4 Å². The minimum atomic E-state index is -4.48. The van der Waals surface area contributed by atoms with Gasteiger partial charge in [0.15, 0.2) is 5.78 Å². The Bertz CT molecular complexity index is 1100. The van der Waals surface area contributed by atoms with Gasteiger partial charge in [0.2, 0.25) is 0 Å².